The summed E-state index contributed by atoms with van der Waals surface area (Å²) in [6.07, 6.45) is 0. The Labute approximate surface area is 153 Å². The molecule has 3 aromatic rings. The predicted octanol–water partition coefficient (Wildman–Crippen LogP) is 4.70. The van der Waals surface area contributed by atoms with Crippen molar-refractivity contribution < 1.29 is 13.9 Å². The van der Waals surface area contributed by atoms with Gasteiger partial charge in [-0.1, -0.05) is 42.5 Å². The summed E-state index contributed by atoms with van der Waals surface area (Å²) in [7, 11) is 1.68. The molecule has 0 saturated carbocycles. The standard InChI is InChI=1S/C22H22FNO2/c1-25-22-8-3-2-6-19(22)15-24-14-18-5-4-7-21(13-18)26-16-17-9-11-20(23)12-10-17/h2-13,24H,14-16H2,1H3. The normalized spacial score (nSPS) is 10.5. The van der Waals surface area contributed by atoms with Crippen molar-refractivity contribution in [2.75, 3.05) is 7.11 Å². The van der Waals surface area contributed by atoms with Gasteiger partial charge in [0.25, 0.3) is 0 Å². The number of nitrogens with one attached hydrogen (secondary N) is 1. The van der Waals surface area contributed by atoms with E-state index in [-0.39, 0.29) is 5.82 Å². The minimum absolute atomic E-state index is 0.239. The van der Waals surface area contributed by atoms with E-state index in [0.717, 1.165) is 41.3 Å². The van der Waals surface area contributed by atoms with Gasteiger partial charge in [0, 0.05) is 18.7 Å². The maximum absolute atomic E-state index is 12.9. The van der Waals surface area contributed by atoms with Gasteiger partial charge in [0.1, 0.15) is 23.9 Å². The van der Waals surface area contributed by atoms with Gasteiger partial charge in [-0.25, -0.2) is 4.39 Å². The topological polar surface area (TPSA) is 30.5 Å². The lowest BCUT2D eigenvalue weighted by Crippen LogP contribution is -2.13. The number of rotatable bonds is 8. The monoisotopic (exact) mass is 351 g/mol. The van der Waals surface area contributed by atoms with Gasteiger partial charge in [-0.15, -0.1) is 0 Å². The first-order valence-corrected chi connectivity index (χ1v) is 8.53. The van der Waals surface area contributed by atoms with Crippen molar-refractivity contribution in [3.8, 4) is 11.5 Å². The van der Waals surface area contributed by atoms with Crippen LogP contribution in [0.25, 0.3) is 0 Å². The average molecular weight is 351 g/mol. The Kier molecular flexibility index (Phi) is 6.23. The molecule has 0 radical (unpaired) electrons. The summed E-state index contributed by atoms with van der Waals surface area (Å²) in [6.45, 7) is 1.87. The van der Waals surface area contributed by atoms with Crippen LogP contribution < -0.4 is 14.8 Å². The van der Waals surface area contributed by atoms with E-state index in [0.29, 0.717) is 6.61 Å². The van der Waals surface area contributed by atoms with Crippen molar-refractivity contribution in [2.24, 2.45) is 0 Å². The zero-order valence-corrected chi connectivity index (χ0v) is 14.7. The van der Waals surface area contributed by atoms with E-state index in [4.69, 9.17) is 9.47 Å². The number of methoxy groups -OCH3 is 1. The van der Waals surface area contributed by atoms with Crippen molar-refractivity contribution in [3.05, 3.63) is 95.3 Å². The summed E-state index contributed by atoms with van der Waals surface area (Å²) in [5.41, 5.74) is 3.20. The summed E-state index contributed by atoms with van der Waals surface area (Å²) < 4.78 is 24.1. The molecule has 0 aliphatic heterocycles. The largest absolute Gasteiger partial charge is 0.496 e. The van der Waals surface area contributed by atoms with Gasteiger partial charge in [-0.05, 0) is 41.5 Å². The molecule has 3 nitrogen and oxygen atoms in total. The van der Waals surface area contributed by atoms with E-state index in [1.807, 2.05) is 42.5 Å². The van der Waals surface area contributed by atoms with Crippen LogP contribution >= 0.6 is 0 Å². The van der Waals surface area contributed by atoms with Crippen molar-refractivity contribution in [3.63, 3.8) is 0 Å². The van der Waals surface area contributed by atoms with Crippen LogP contribution in [0.4, 0.5) is 4.39 Å². The third kappa shape index (κ3) is 5.07. The quantitative estimate of drug-likeness (QED) is 0.638. The average Bonchev–Trinajstić information content (AvgIpc) is 2.68. The molecule has 0 aliphatic rings. The Morgan fingerprint density at radius 3 is 2.46 bits per heavy atom. The lowest BCUT2D eigenvalue weighted by atomic mass is 10.2. The summed E-state index contributed by atoms with van der Waals surface area (Å²) in [5.74, 6) is 1.44. The third-order valence-corrected chi connectivity index (χ3v) is 4.05. The molecule has 0 amide bonds. The Hall–Kier alpha value is -2.85. The van der Waals surface area contributed by atoms with Crippen LogP contribution in [-0.4, -0.2) is 7.11 Å². The fraction of sp³-hybridized carbons (Fsp3) is 0.182. The molecule has 0 aromatic heterocycles. The third-order valence-electron chi connectivity index (χ3n) is 4.05. The van der Waals surface area contributed by atoms with Crippen LogP contribution in [0.15, 0.2) is 72.8 Å². The molecule has 4 heteroatoms. The SMILES string of the molecule is COc1ccccc1CNCc1cccc(OCc2ccc(F)cc2)c1. The second kappa shape index (κ2) is 9.02. The highest BCUT2D eigenvalue weighted by atomic mass is 19.1. The van der Waals surface area contributed by atoms with E-state index in [1.54, 1.807) is 19.2 Å². The molecule has 0 heterocycles. The van der Waals surface area contributed by atoms with Gasteiger partial charge < -0.3 is 14.8 Å². The molecule has 1 N–H and O–H groups in total. The van der Waals surface area contributed by atoms with Gasteiger partial charge in [0.05, 0.1) is 7.11 Å². The highest BCUT2D eigenvalue weighted by Gasteiger charge is 2.02. The molecule has 26 heavy (non-hydrogen) atoms. The van der Waals surface area contributed by atoms with Crippen LogP contribution in [0.2, 0.25) is 0 Å². The smallest absolute Gasteiger partial charge is 0.123 e. The number of para-hydroxylation sites is 1. The summed E-state index contributed by atoms with van der Waals surface area (Å²) in [5, 5.41) is 3.42. The molecule has 0 saturated heterocycles. The predicted molar refractivity (Wildman–Crippen MR) is 101 cm³/mol. The van der Waals surface area contributed by atoms with Crippen molar-refractivity contribution >= 4 is 0 Å². The highest BCUT2D eigenvalue weighted by molar-refractivity contribution is 5.33. The van der Waals surface area contributed by atoms with Gasteiger partial charge in [0.2, 0.25) is 0 Å². The first kappa shape index (κ1) is 18.0. The molecule has 0 atom stereocenters. The lowest BCUT2D eigenvalue weighted by Gasteiger charge is -2.11. The van der Waals surface area contributed by atoms with Crippen molar-refractivity contribution in [1.82, 2.24) is 5.32 Å². The van der Waals surface area contributed by atoms with Crippen LogP contribution in [0.1, 0.15) is 16.7 Å². The van der Waals surface area contributed by atoms with E-state index in [2.05, 4.69) is 11.4 Å². The highest BCUT2D eigenvalue weighted by Crippen LogP contribution is 2.18. The summed E-state index contributed by atoms with van der Waals surface area (Å²) >= 11 is 0. The number of hydrogen-bond donors (Lipinski definition) is 1. The first-order valence-electron chi connectivity index (χ1n) is 8.53. The Morgan fingerprint density at radius 1 is 0.846 bits per heavy atom. The lowest BCUT2D eigenvalue weighted by molar-refractivity contribution is 0.305. The van der Waals surface area contributed by atoms with E-state index >= 15 is 0 Å². The molecule has 0 bridgehead atoms. The second-order valence-corrected chi connectivity index (χ2v) is 5.98. The van der Waals surface area contributed by atoms with Crippen LogP contribution in [0.3, 0.4) is 0 Å². The fourth-order valence-electron chi connectivity index (χ4n) is 2.68. The summed E-state index contributed by atoms with van der Waals surface area (Å²) in [6, 6.07) is 22.3. The molecule has 3 aromatic carbocycles. The molecule has 0 unspecified atom stereocenters. The Bertz CT molecular complexity index is 834. The van der Waals surface area contributed by atoms with Crippen LogP contribution in [-0.2, 0) is 19.7 Å². The maximum Gasteiger partial charge on any atom is 0.123 e. The second-order valence-electron chi connectivity index (χ2n) is 5.98. The van der Waals surface area contributed by atoms with Gasteiger partial charge in [-0.2, -0.15) is 0 Å². The fourth-order valence-corrected chi connectivity index (χ4v) is 2.68. The molecule has 0 fully saturated rings. The molecule has 0 aliphatic carbocycles. The minimum Gasteiger partial charge on any atom is -0.496 e. The van der Waals surface area contributed by atoms with Gasteiger partial charge >= 0.3 is 0 Å². The molecular formula is C22H22FNO2. The number of benzene rings is 3. The maximum atomic E-state index is 12.9. The molecular weight excluding hydrogens is 329 g/mol. The van der Waals surface area contributed by atoms with Crippen molar-refractivity contribution in [1.29, 1.82) is 0 Å². The first-order chi connectivity index (χ1) is 12.7. The molecule has 134 valence electrons. The zero-order valence-electron chi connectivity index (χ0n) is 14.7. The van der Waals surface area contributed by atoms with E-state index in [1.165, 1.54) is 12.1 Å². The summed E-state index contributed by atoms with van der Waals surface area (Å²) in [4.78, 5) is 0. The van der Waals surface area contributed by atoms with E-state index < -0.39 is 0 Å². The van der Waals surface area contributed by atoms with Gasteiger partial charge in [-0.3, -0.25) is 0 Å². The zero-order chi connectivity index (χ0) is 18.2. The van der Waals surface area contributed by atoms with Gasteiger partial charge in [0.15, 0.2) is 0 Å². The number of hydrogen-bond acceptors (Lipinski definition) is 3. The van der Waals surface area contributed by atoms with Crippen LogP contribution in [0, 0.1) is 5.82 Å². The van der Waals surface area contributed by atoms with Crippen molar-refractivity contribution in [2.45, 2.75) is 19.7 Å². The molecule has 3 rings (SSSR count). The minimum atomic E-state index is -0.239. The Morgan fingerprint density at radius 2 is 1.65 bits per heavy atom. The van der Waals surface area contributed by atoms with E-state index in [9.17, 15) is 4.39 Å². The number of ether oxygens (including phenoxy) is 2. The molecule has 0 spiro atoms. The Balaban J connectivity index is 1.53. The number of halogens is 1. The van der Waals surface area contributed by atoms with Crippen LogP contribution in [0.5, 0.6) is 11.5 Å².